The van der Waals surface area contributed by atoms with Gasteiger partial charge in [0, 0.05) is 0 Å². The van der Waals surface area contributed by atoms with Gasteiger partial charge in [0.25, 0.3) is 0 Å². The van der Waals surface area contributed by atoms with Crippen molar-refractivity contribution in [1.82, 2.24) is 0 Å². The van der Waals surface area contributed by atoms with Crippen molar-refractivity contribution in [1.29, 1.82) is 0 Å². The zero-order valence-electron chi connectivity index (χ0n) is 7.74. The first-order chi connectivity index (χ1) is 6.56. The van der Waals surface area contributed by atoms with Crippen molar-refractivity contribution in [3.8, 4) is 0 Å². The maximum absolute atomic E-state index is 10.1. The van der Waals surface area contributed by atoms with E-state index in [4.69, 9.17) is 14.4 Å². The molecule has 7 heteroatoms. The van der Waals surface area contributed by atoms with E-state index < -0.39 is 31.5 Å². The van der Waals surface area contributed by atoms with Crippen molar-refractivity contribution in [3.63, 3.8) is 0 Å². The smallest absolute Gasteiger partial charge is 0.409 e. The lowest BCUT2D eigenvalue weighted by Crippen LogP contribution is -2.46. The molecule has 1 aliphatic rings. The van der Waals surface area contributed by atoms with Gasteiger partial charge in [0.1, 0.15) is 18.3 Å². The van der Waals surface area contributed by atoms with Crippen molar-refractivity contribution >= 4 is 13.4 Å². The van der Waals surface area contributed by atoms with Crippen molar-refractivity contribution in [2.45, 2.75) is 31.2 Å². The second kappa shape index (κ2) is 4.85. The molecule has 0 amide bonds. The lowest BCUT2D eigenvalue weighted by atomic mass is 9.96. The summed E-state index contributed by atoms with van der Waals surface area (Å²) in [6.07, 6.45) is -5.04. The average molecular weight is 204 g/mol. The third kappa shape index (κ3) is 2.52. The van der Waals surface area contributed by atoms with Crippen LogP contribution in [0.1, 0.15) is 0 Å². The van der Waals surface area contributed by atoms with Gasteiger partial charge in [-0.2, -0.15) is 0 Å². The van der Waals surface area contributed by atoms with Crippen LogP contribution >= 0.6 is 0 Å². The summed E-state index contributed by atoms with van der Waals surface area (Å²) in [5.41, 5.74) is 0. The fourth-order valence-electron chi connectivity index (χ4n) is 1.24. The predicted molar refractivity (Wildman–Crippen MR) is 46.5 cm³/mol. The molecular formula is C7H13BO6. The molecule has 1 unspecified atom stereocenters. The van der Waals surface area contributed by atoms with E-state index in [1.807, 2.05) is 0 Å². The molecular weight excluding hydrogens is 191 g/mol. The van der Waals surface area contributed by atoms with Crippen LogP contribution in [0.2, 0.25) is 6.82 Å². The second-order valence-corrected chi connectivity index (χ2v) is 3.18. The molecule has 0 radical (unpaired) electrons. The zero-order chi connectivity index (χ0) is 10.7. The Morgan fingerprint density at radius 3 is 2.57 bits per heavy atom. The highest BCUT2D eigenvalue weighted by molar-refractivity contribution is 6.43. The topological polar surface area (TPSA) is 96.2 Å². The second-order valence-electron chi connectivity index (χ2n) is 3.18. The van der Waals surface area contributed by atoms with Crippen LogP contribution in [0.5, 0.6) is 0 Å². The lowest BCUT2D eigenvalue weighted by molar-refractivity contribution is -0.131. The molecule has 0 aliphatic carbocycles. The summed E-state index contributed by atoms with van der Waals surface area (Å²) >= 11 is 0. The van der Waals surface area contributed by atoms with Crippen LogP contribution < -0.4 is 0 Å². The molecule has 14 heavy (non-hydrogen) atoms. The molecule has 4 atom stereocenters. The van der Waals surface area contributed by atoms with Crippen LogP contribution in [0.3, 0.4) is 0 Å². The predicted octanol–water partition coefficient (Wildman–Crippen LogP) is -2.20. The van der Waals surface area contributed by atoms with E-state index in [9.17, 15) is 15.0 Å². The number of rotatable bonds is 4. The van der Waals surface area contributed by atoms with Gasteiger partial charge in [0.05, 0.1) is 12.7 Å². The SMILES string of the molecule is CB1OCC([C@@H](O)[C@H](O)[C@@H](O)C=O)O1. The quantitative estimate of drug-likeness (QED) is 0.355. The van der Waals surface area contributed by atoms with E-state index in [1.165, 1.54) is 0 Å². The van der Waals surface area contributed by atoms with Crippen molar-refractivity contribution < 1.29 is 29.4 Å². The van der Waals surface area contributed by atoms with E-state index in [-0.39, 0.29) is 12.9 Å². The fourth-order valence-corrected chi connectivity index (χ4v) is 1.24. The molecule has 1 saturated heterocycles. The van der Waals surface area contributed by atoms with Gasteiger partial charge in [-0.15, -0.1) is 0 Å². The first-order valence-electron chi connectivity index (χ1n) is 4.33. The van der Waals surface area contributed by atoms with Gasteiger partial charge < -0.3 is 29.4 Å². The van der Waals surface area contributed by atoms with Gasteiger partial charge in [-0.05, 0) is 6.82 Å². The largest absolute Gasteiger partial charge is 0.453 e. The zero-order valence-corrected chi connectivity index (χ0v) is 7.74. The molecule has 1 heterocycles. The monoisotopic (exact) mass is 204 g/mol. The number of aliphatic hydroxyl groups excluding tert-OH is 3. The molecule has 0 spiro atoms. The number of carbonyl (C=O) groups is 1. The normalized spacial score (nSPS) is 28.6. The number of carbonyl (C=O) groups excluding carboxylic acids is 1. The highest BCUT2D eigenvalue weighted by Gasteiger charge is 2.37. The van der Waals surface area contributed by atoms with Crippen molar-refractivity contribution in [2.24, 2.45) is 0 Å². The number of hydrogen-bond acceptors (Lipinski definition) is 6. The Morgan fingerprint density at radius 2 is 2.14 bits per heavy atom. The molecule has 1 rings (SSSR count). The highest BCUT2D eigenvalue weighted by atomic mass is 16.6. The maximum atomic E-state index is 10.1. The Bertz CT molecular complexity index is 201. The molecule has 1 aliphatic heterocycles. The van der Waals surface area contributed by atoms with Gasteiger partial charge in [-0.3, -0.25) is 0 Å². The average Bonchev–Trinajstić information content (AvgIpc) is 2.61. The van der Waals surface area contributed by atoms with Gasteiger partial charge in [0.2, 0.25) is 0 Å². The minimum Gasteiger partial charge on any atom is -0.409 e. The summed E-state index contributed by atoms with van der Waals surface area (Å²) in [6.45, 7) is 1.78. The van der Waals surface area contributed by atoms with Crippen LogP contribution in [0.15, 0.2) is 0 Å². The third-order valence-corrected chi connectivity index (χ3v) is 2.08. The molecule has 3 N–H and O–H groups in total. The molecule has 1 fully saturated rings. The van der Waals surface area contributed by atoms with E-state index in [2.05, 4.69) is 0 Å². The standard InChI is InChI=1S/C7H13BO6/c1-8-13-3-5(14-8)7(12)6(11)4(10)2-9/h2,4-7,10-12H,3H2,1H3/t4-,5?,6+,7+/m0/s1. The maximum Gasteiger partial charge on any atom is 0.453 e. The molecule has 0 aromatic rings. The van der Waals surface area contributed by atoms with Gasteiger partial charge in [-0.25, -0.2) is 0 Å². The van der Waals surface area contributed by atoms with Crippen LogP contribution in [0.4, 0.5) is 0 Å². The van der Waals surface area contributed by atoms with Gasteiger partial charge in [0.15, 0.2) is 6.29 Å². The van der Waals surface area contributed by atoms with Crippen LogP contribution in [-0.4, -0.2) is 59.7 Å². The summed E-state index contributed by atoms with van der Waals surface area (Å²) in [5.74, 6) is 0. The molecule has 0 bridgehead atoms. The van der Waals surface area contributed by atoms with Crippen LogP contribution in [-0.2, 0) is 14.1 Å². The number of aliphatic hydroxyl groups is 3. The Labute approximate surface area is 81.6 Å². The molecule has 6 nitrogen and oxygen atoms in total. The fraction of sp³-hybridized carbons (Fsp3) is 0.857. The summed E-state index contributed by atoms with van der Waals surface area (Å²) in [4.78, 5) is 10.1. The van der Waals surface area contributed by atoms with Gasteiger partial charge in [-0.1, -0.05) is 0 Å². The van der Waals surface area contributed by atoms with Crippen molar-refractivity contribution in [3.05, 3.63) is 0 Å². The Morgan fingerprint density at radius 1 is 1.50 bits per heavy atom. The van der Waals surface area contributed by atoms with E-state index in [0.717, 1.165) is 0 Å². The Kier molecular flexibility index (Phi) is 4.03. The van der Waals surface area contributed by atoms with E-state index in [0.29, 0.717) is 0 Å². The summed E-state index contributed by atoms with van der Waals surface area (Å²) in [6, 6.07) is 0. The first kappa shape index (κ1) is 11.6. The molecule has 80 valence electrons. The number of aldehydes is 1. The van der Waals surface area contributed by atoms with E-state index in [1.54, 1.807) is 6.82 Å². The summed E-state index contributed by atoms with van der Waals surface area (Å²) in [7, 11) is -0.449. The Hall–Kier alpha value is -0.465. The van der Waals surface area contributed by atoms with Crippen LogP contribution in [0.25, 0.3) is 0 Å². The number of hydrogen-bond donors (Lipinski definition) is 3. The minimum absolute atomic E-state index is 0.130. The molecule has 0 aromatic heterocycles. The molecule has 0 aromatic carbocycles. The Balaban J connectivity index is 2.47. The van der Waals surface area contributed by atoms with Gasteiger partial charge >= 0.3 is 7.12 Å². The van der Waals surface area contributed by atoms with Crippen LogP contribution in [0, 0.1) is 0 Å². The minimum atomic E-state index is -1.61. The molecule has 0 saturated carbocycles. The summed E-state index contributed by atoms with van der Waals surface area (Å²) < 4.78 is 10.1. The lowest BCUT2D eigenvalue weighted by Gasteiger charge is -2.23. The summed E-state index contributed by atoms with van der Waals surface area (Å²) in [5, 5.41) is 27.7. The highest BCUT2D eigenvalue weighted by Crippen LogP contribution is 2.15. The van der Waals surface area contributed by atoms with Crippen molar-refractivity contribution in [2.75, 3.05) is 6.61 Å². The third-order valence-electron chi connectivity index (χ3n) is 2.08. The van der Waals surface area contributed by atoms with E-state index >= 15 is 0 Å². The first-order valence-corrected chi connectivity index (χ1v) is 4.33.